The molecule has 2 heterocycles. The Morgan fingerprint density at radius 2 is 2.05 bits per heavy atom. The van der Waals surface area contributed by atoms with E-state index in [0.29, 0.717) is 12.0 Å². The molecular formula is C13H12F2N4S. The van der Waals surface area contributed by atoms with E-state index in [0.717, 1.165) is 16.7 Å². The first-order valence-electron chi connectivity index (χ1n) is 5.99. The number of nitrogens with two attached hydrogens (primary N) is 1. The Balaban J connectivity index is 1.87. The summed E-state index contributed by atoms with van der Waals surface area (Å²) in [6.45, 7) is 0. The van der Waals surface area contributed by atoms with Gasteiger partial charge in [-0.25, -0.2) is 13.8 Å². The van der Waals surface area contributed by atoms with Crippen LogP contribution < -0.4 is 11.3 Å². The number of nitrogens with one attached hydrogen (secondary N) is 1. The van der Waals surface area contributed by atoms with Gasteiger partial charge >= 0.3 is 0 Å². The minimum atomic E-state index is -0.619. The number of hydrogen-bond donors (Lipinski definition) is 2. The van der Waals surface area contributed by atoms with Gasteiger partial charge in [0.1, 0.15) is 11.6 Å². The second-order valence-electron chi connectivity index (χ2n) is 4.45. The van der Waals surface area contributed by atoms with Crippen molar-refractivity contribution in [2.75, 3.05) is 0 Å². The van der Waals surface area contributed by atoms with E-state index in [1.54, 1.807) is 0 Å². The van der Waals surface area contributed by atoms with Crippen molar-refractivity contribution in [2.24, 2.45) is 5.84 Å². The maximum atomic E-state index is 13.3. The van der Waals surface area contributed by atoms with Crippen LogP contribution in [0, 0.1) is 11.6 Å². The molecule has 0 radical (unpaired) electrons. The first kappa shape index (κ1) is 13.2. The SMILES string of the molecule is NNC(Cc1cn2ccsc2n1)c1cc(F)cc(F)c1. The second kappa shape index (κ2) is 5.28. The Hall–Kier alpha value is -1.83. The monoisotopic (exact) mass is 294 g/mol. The van der Waals surface area contributed by atoms with Crippen LogP contribution in [0.25, 0.3) is 4.96 Å². The molecular weight excluding hydrogens is 282 g/mol. The highest BCUT2D eigenvalue weighted by molar-refractivity contribution is 7.15. The van der Waals surface area contributed by atoms with Gasteiger partial charge in [0.05, 0.1) is 11.7 Å². The fourth-order valence-electron chi connectivity index (χ4n) is 2.13. The number of nitrogens with zero attached hydrogens (tertiary/aromatic N) is 2. The minimum Gasteiger partial charge on any atom is -0.297 e. The average molecular weight is 294 g/mol. The van der Waals surface area contributed by atoms with Crippen molar-refractivity contribution < 1.29 is 8.78 Å². The van der Waals surface area contributed by atoms with E-state index < -0.39 is 17.7 Å². The van der Waals surface area contributed by atoms with Crippen molar-refractivity contribution in [2.45, 2.75) is 12.5 Å². The number of imidazole rings is 1. The summed E-state index contributed by atoms with van der Waals surface area (Å²) in [5.41, 5.74) is 3.85. The number of aromatic nitrogens is 2. The lowest BCUT2D eigenvalue weighted by Gasteiger charge is -2.15. The van der Waals surface area contributed by atoms with Gasteiger partial charge in [0.15, 0.2) is 4.96 Å². The van der Waals surface area contributed by atoms with E-state index >= 15 is 0 Å². The van der Waals surface area contributed by atoms with Gasteiger partial charge in [0.2, 0.25) is 0 Å². The molecule has 0 saturated carbocycles. The number of hydrazine groups is 1. The Labute approximate surface area is 117 Å². The summed E-state index contributed by atoms with van der Waals surface area (Å²) in [5.74, 6) is 4.26. The van der Waals surface area contributed by atoms with E-state index in [2.05, 4.69) is 10.4 Å². The first-order chi connectivity index (χ1) is 9.65. The smallest absolute Gasteiger partial charge is 0.193 e. The molecule has 3 aromatic rings. The first-order valence-corrected chi connectivity index (χ1v) is 6.87. The Morgan fingerprint density at radius 1 is 1.30 bits per heavy atom. The summed E-state index contributed by atoms with van der Waals surface area (Å²) in [6.07, 6.45) is 4.24. The van der Waals surface area contributed by atoms with Crippen LogP contribution in [-0.2, 0) is 6.42 Å². The third kappa shape index (κ3) is 2.55. The summed E-state index contributed by atoms with van der Waals surface area (Å²) >= 11 is 1.52. The molecule has 0 aliphatic heterocycles. The van der Waals surface area contributed by atoms with Crippen LogP contribution in [0.2, 0.25) is 0 Å². The molecule has 3 N–H and O–H groups in total. The van der Waals surface area contributed by atoms with E-state index in [1.807, 2.05) is 22.2 Å². The van der Waals surface area contributed by atoms with Crippen LogP contribution in [0.3, 0.4) is 0 Å². The summed E-state index contributed by atoms with van der Waals surface area (Å²) in [6, 6.07) is 2.98. The van der Waals surface area contributed by atoms with Gasteiger partial charge < -0.3 is 0 Å². The minimum absolute atomic E-state index is 0.398. The van der Waals surface area contributed by atoms with Crippen molar-refractivity contribution in [1.82, 2.24) is 14.8 Å². The average Bonchev–Trinajstić information content (AvgIpc) is 2.95. The molecule has 1 aromatic carbocycles. The number of benzene rings is 1. The van der Waals surface area contributed by atoms with Crippen LogP contribution in [0.15, 0.2) is 36.0 Å². The molecule has 0 spiro atoms. The molecule has 2 aromatic heterocycles. The molecule has 7 heteroatoms. The number of halogens is 2. The normalized spacial score (nSPS) is 12.9. The van der Waals surface area contributed by atoms with Crippen LogP contribution in [-0.4, -0.2) is 9.38 Å². The van der Waals surface area contributed by atoms with Crippen molar-refractivity contribution in [3.63, 3.8) is 0 Å². The highest BCUT2D eigenvalue weighted by Crippen LogP contribution is 2.21. The van der Waals surface area contributed by atoms with E-state index in [-0.39, 0.29) is 0 Å². The van der Waals surface area contributed by atoms with Gasteiger partial charge in [-0.3, -0.25) is 15.7 Å². The second-order valence-corrected chi connectivity index (χ2v) is 5.32. The molecule has 0 aliphatic carbocycles. The molecule has 20 heavy (non-hydrogen) atoms. The molecule has 3 rings (SSSR count). The summed E-state index contributed by atoms with van der Waals surface area (Å²) in [7, 11) is 0. The molecule has 1 unspecified atom stereocenters. The number of thiazole rings is 1. The topological polar surface area (TPSA) is 55.3 Å². The van der Waals surface area contributed by atoms with E-state index in [1.165, 1.54) is 23.5 Å². The third-order valence-corrected chi connectivity index (χ3v) is 3.82. The van der Waals surface area contributed by atoms with Gasteiger partial charge in [-0.15, -0.1) is 11.3 Å². The quantitative estimate of drug-likeness (QED) is 0.574. The maximum absolute atomic E-state index is 13.3. The molecule has 0 fully saturated rings. The third-order valence-electron chi connectivity index (χ3n) is 3.04. The number of rotatable bonds is 4. The Kier molecular flexibility index (Phi) is 3.47. The largest absolute Gasteiger partial charge is 0.297 e. The molecule has 0 saturated heterocycles. The van der Waals surface area contributed by atoms with Gasteiger partial charge in [0.25, 0.3) is 0 Å². The van der Waals surface area contributed by atoms with Crippen LogP contribution in [0.4, 0.5) is 8.78 Å². The fourth-order valence-corrected chi connectivity index (χ4v) is 2.85. The van der Waals surface area contributed by atoms with Crippen molar-refractivity contribution in [3.05, 3.63) is 58.9 Å². The van der Waals surface area contributed by atoms with Crippen LogP contribution >= 0.6 is 11.3 Å². The molecule has 4 nitrogen and oxygen atoms in total. The summed E-state index contributed by atoms with van der Waals surface area (Å²) in [5, 5.41) is 1.94. The van der Waals surface area contributed by atoms with Crippen molar-refractivity contribution >= 4 is 16.3 Å². The highest BCUT2D eigenvalue weighted by atomic mass is 32.1. The predicted molar refractivity (Wildman–Crippen MR) is 73.2 cm³/mol. The molecule has 1 atom stereocenters. The van der Waals surface area contributed by atoms with Gasteiger partial charge in [-0.05, 0) is 17.7 Å². The Bertz CT molecular complexity index is 688. The van der Waals surface area contributed by atoms with Gasteiger partial charge in [-0.2, -0.15) is 0 Å². The van der Waals surface area contributed by atoms with Gasteiger partial charge in [0, 0.05) is 30.3 Å². The lowest BCUT2D eigenvalue weighted by molar-refractivity contribution is 0.527. The zero-order valence-electron chi connectivity index (χ0n) is 10.4. The molecule has 104 valence electrons. The van der Waals surface area contributed by atoms with E-state index in [4.69, 9.17) is 5.84 Å². The van der Waals surface area contributed by atoms with Crippen molar-refractivity contribution in [1.29, 1.82) is 0 Å². The van der Waals surface area contributed by atoms with Crippen LogP contribution in [0.5, 0.6) is 0 Å². The number of fused-ring (bicyclic) bond motifs is 1. The highest BCUT2D eigenvalue weighted by Gasteiger charge is 2.15. The lowest BCUT2D eigenvalue weighted by Crippen LogP contribution is -2.29. The van der Waals surface area contributed by atoms with Crippen molar-refractivity contribution in [3.8, 4) is 0 Å². The zero-order chi connectivity index (χ0) is 14.1. The standard InChI is InChI=1S/C13H12F2N4S/c14-9-3-8(4-10(15)5-9)12(18-16)6-11-7-19-1-2-20-13(19)17-11/h1-5,7,12,18H,6,16H2. The van der Waals surface area contributed by atoms with E-state index in [9.17, 15) is 8.78 Å². The maximum Gasteiger partial charge on any atom is 0.193 e. The lowest BCUT2D eigenvalue weighted by atomic mass is 10.0. The summed E-state index contributed by atoms with van der Waals surface area (Å²) < 4.78 is 28.4. The number of hydrogen-bond acceptors (Lipinski definition) is 4. The zero-order valence-corrected chi connectivity index (χ0v) is 11.2. The molecule has 0 aliphatic rings. The Morgan fingerprint density at radius 3 is 2.70 bits per heavy atom. The summed E-state index contributed by atoms with van der Waals surface area (Å²) in [4.78, 5) is 5.31. The molecule has 0 amide bonds. The molecule has 0 bridgehead atoms. The predicted octanol–water partition coefficient (Wildman–Crippen LogP) is 2.42. The van der Waals surface area contributed by atoms with Crippen LogP contribution in [0.1, 0.15) is 17.3 Å². The fraction of sp³-hybridized carbons (Fsp3) is 0.154. The van der Waals surface area contributed by atoms with Gasteiger partial charge in [-0.1, -0.05) is 0 Å².